The zero-order chi connectivity index (χ0) is 10.1. The van der Waals surface area contributed by atoms with Crippen LogP contribution < -0.4 is 5.73 Å². The molecular formula is C7H12N2O3S. The summed E-state index contributed by atoms with van der Waals surface area (Å²) in [4.78, 5) is 0. The van der Waals surface area contributed by atoms with Crippen LogP contribution in [0.2, 0.25) is 0 Å². The molecule has 0 aliphatic heterocycles. The molecule has 1 heterocycles. The summed E-state index contributed by atoms with van der Waals surface area (Å²) in [6.07, 6.45) is 3.02. The van der Waals surface area contributed by atoms with Gasteiger partial charge in [0, 0.05) is 24.5 Å². The average Bonchev–Trinajstić information content (AvgIpc) is 2.50. The smallest absolute Gasteiger partial charge is 0.235 e. The van der Waals surface area contributed by atoms with Gasteiger partial charge in [0.1, 0.15) is 0 Å². The summed E-state index contributed by atoms with van der Waals surface area (Å²) < 4.78 is 23.1. The number of aliphatic hydroxyl groups is 1. The lowest BCUT2D eigenvalue weighted by Crippen LogP contribution is -2.11. The van der Waals surface area contributed by atoms with Crippen LogP contribution in [0.4, 0.5) is 0 Å². The van der Waals surface area contributed by atoms with Gasteiger partial charge in [0.15, 0.2) is 0 Å². The number of hydrogen-bond donors (Lipinski definition) is 2. The van der Waals surface area contributed by atoms with Gasteiger partial charge >= 0.3 is 0 Å². The molecule has 3 N–H and O–H groups in total. The van der Waals surface area contributed by atoms with E-state index in [1.54, 1.807) is 0 Å². The summed E-state index contributed by atoms with van der Waals surface area (Å²) in [5.74, 6) is 0. The van der Waals surface area contributed by atoms with Gasteiger partial charge in [0.2, 0.25) is 10.0 Å². The Kier molecular flexibility index (Phi) is 2.74. The highest BCUT2D eigenvalue weighted by Crippen LogP contribution is 2.12. The minimum absolute atomic E-state index is 0.0772. The van der Waals surface area contributed by atoms with Crippen LogP contribution in [0, 0.1) is 0 Å². The Morgan fingerprint density at radius 2 is 2.31 bits per heavy atom. The monoisotopic (exact) mass is 204 g/mol. The molecular weight excluding hydrogens is 192 g/mol. The van der Waals surface area contributed by atoms with E-state index in [9.17, 15) is 13.5 Å². The van der Waals surface area contributed by atoms with Gasteiger partial charge < -0.3 is 10.8 Å². The zero-order valence-electron chi connectivity index (χ0n) is 7.21. The van der Waals surface area contributed by atoms with Crippen molar-refractivity contribution in [2.45, 2.75) is 6.10 Å². The van der Waals surface area contributed by atoms with Crippen LogP contribution in [0.5, 0.6) is 0 Å². The quantitative estimate of drug-likeness (QED) is 0.681. The summed E-state index contributed by atoms with van der Waals surface area (Å²) in [6.45, 7) is 0.0772. The molecule has 1 unspecified atom stereocenters. The molecule has 0 radical (unpaired) electrons. The van der Waals surface area contributed by atoms with Crippen molar-refractivity contribution >= 4 is 10.0 Å². The fourth-order valence-electron chi connectivity index (χ4n) is 0.932. The lowest BCUT2D eigenvalue weighted by atomic mass is 10.2. The Labute approximate surface area is 76.8 Å². The van der Waals surface area contributed by atoms with E-state index in [4.69, 9.17) is 5.73 Å². The Morgan fingerprint density at radius 1 is 1.69 bits per heavy atom. The van der Waals surface area contributed by atoms with Gasteiger partial charge in [0.25, 0.3) is 0 Å². The van der Waals surface area contributed by atoms with Crippen LogP contribution in [-0.2, 0) is 10.0 Å². The predicted octanol–water partition coefficient (Wildman–Crippen LogP) is -0.712. The molecule has 0 saturated heterocycles. The maximum atomic E-state index is 11.0. The molecule has 0 aliphatic rings. The topological polar surface area (TPSA) is 85.3 Å². The van der Waals surface area contributed by atoms with Crippen LogP contribution >= 0.6 is 0 Å². The minimum Gasteiger partial charge on any atom is -0.387 e. The molecule has 0 aliphatic carbocycles. The Bertz CT molecular complexity index is 382. The third-order valence-electron chi connectivity index (χ3n) is 1.68. The molecule has 5 nitrogen and oxygen atoms in total. The van der Waals surface area contributed by atoms with Gasteiger partial charge in [-0.3, -0.25) is 3.97 Å². The van der Waals surface area contributed by atoms with Gasteiger partial charge in [-0.15, -0.1) is 0 Å². The second-order valence-corrected chi connectivity index (χ2v) is 4.68. The first-order valence-corrected chi connectivity index (χ1v) is 5.56. The molecule has 6 heteroatoms. The van der Waals surface area contributed by atoms with Crippen LogP contribution in [-0.4, -0.2) is 30.3 Å². The number of nitrogens with zero attached hydrogens (tertiary/aromatic N) is 1. The molecule has 74 valence electrons. The first-order chi connectivity index (χ1) is 5.95. The van der Waals surface area contributed by atoms with E-state index in [0.29, 0.717) is 5.56 Å². The summed E-state index contributed by atoms with van der Waals surface area (Å²) >= 11 is 0. The lowest BCUT2D eigenvalue weighted by molar-refractivity contribution is 0.187. The molecule has 0 saturated carbocycles. The number of rotatable bonds is 3. The highest BCUT2D eigenvalue weighted by atomic mass is 32.2. The SMILES string of the molecule is CS(=O)(=O)n1ccc(C(O)CN)c1. The number of aromatic nitrogens is 1. The number of aliphatic hydroxyl groups excluding tert-OH is 1. The maximum absolute atomic E-state index is 11.0. The third-order valence-corrected chi connectivity index (χ3v) is 2.67. The van der Waals surface area contributed by atoms with E-state index < -0.39 is 16.1 Å². The van der Waals surface area contributed by atoms with Crippen molar-refractivity contribution in [2.24, 2.45) is 5.73 Å². The molecule has 1 rings (SSSR count). The summed E-state index contributed by atoms with van der Waals surface area (Å²) in [5, 5.41) is 9.28. The van der Waals surface area contributed by atoms with Crippen LogP contribution in [0.3, 0.4) is 0 Å². The molecule has 1 aromatic heterocycles. The zero-order valence-corrected chi connectivity index (χ0v) is 8.03. The van der Waals surface area contributed by atoms with Crippen molar-refractivity contribution in [3.63, 3.8) is 0 Å². The number of hydrogen-bond acceptors (Lipinski definition) is 4. The summed E-state index contributed by atoms with van der Waals surface area (Å²) in [6, 6.07) is 1.53. The van der Waals surface area contributed by atoms with E-state index in [2.05, 4.69) is 0 Å². The van der Waals surface area contributed by atoms with Gasteiger partial charge in [-0.25, -0.2) is 8.42 Å². The van der Waals surface area contributed by atoms with Crippen molar-refractivity contribution in [1.29, 1.82) is 0 Å². The summed E-state index contributed by atoms with van der Waals surface area (Å²) in [7, 11) is -3.26. The molecule has 0 amide bonds. The molecule has 0 spiro atoms. The number of nitrogens with two attached hydrogens (primary N) is 1. The second kappa shape index (κ2) is 3.49. The van der Waals surface area contributed by atoms with Crippen LogP contribution in [0.1, 0.15) is 11.7 Å². The van der Waals surface area contributed by atoms with E-state index in [1.165, 1.54) is 18.5 Å². The van der Waals surface area contributed by atoms with Crippen molar-refractivity contribution in [1.82, 2.24) is 3.97 Å². The fourth-order valence-corrected chi connectivity index (χ4v) is 1.53. The van der Waals surface area contributed by atoms with Crippen molar-refractivity contribution in [3.05, 3.63) is 24.0 Å². The first-order valence-electron chi connectivity index (χ1n) is 3.71. The average molecular weight is 204 g/mol. The largest absolute Gasteiger partial charge is 0.387 e. The minimum atomic E-state index is -3.26. The molecule has 0 bridgehead atoms. The lowest BCUT2D eigenvalue weighted by Gasteiger charge is -2.03. The molecule has 1 atom stereocenters. The van der Waals surface area contributed by atoms with E-state index in [-0.39, 0.29) is 6.54 Å². The first kappa shape index (κ1) is 10.2. The van der Waals surface area contributed by atoms with Crippen molar-refractivity contribution in [2.75, 3.05) is 12.8 Å². The maximum Gasteiger partial charge on any atom is 0.235 e. The second-order valence-electron chi connectivity index (χ2n) is 2.79. The Balaban J connectivity index is 3.00. The molecule has 13 heavy (non-hydrogen) atoms. The van der Waals surface area contributed by atoms with Gasteiger partial charge in [-0.1, -0.05) is 0 Å². The molecule has 1 aromatic rings. The highest BCUT2D eigenvalue weighted by Gasteiger charge is 2.10. The third kappa shape index (κ3) is 2.30. The van der Waals surface area contributed by atoms with Crippen molar-refractivity contribution < 1.29 is 13.5 Å². The van der Waals surface area contributed by atoms with Crippen LogP contribution in [0.25, 0.3) is 0 Å². The predicted molar refractivity (Wildman–Crippen MR) is 48.7 cm³/mol. The molecule has 0 fully saturated rings. The van der Waals surface area contributed by atoms with Crippen LogP contribution in [0.15, 0.2) is 18.5 Å². The fraction of sp³-hybridized carbons (Fsp3) is 0.429. The van der Waals surface area contributed by atoms with Crippen molar-refractivity contribution in [3.8, 4) is 0 Å². The van der Waals surface area contributed by atoms with Gasteiger partial charge in [0.05, 0.1) is 12.4 Å². The normalized spacial score (nSPS) is 14.4. The summed E-state index contributed by atoms with van der Waals surface area (Å²) in [5.41, 5.74) is 5.72. The van der Waals surface area contributed by atoms with E-state index in [1.807, 2.05) is 0 Å². The highest BCUT2D eigenvalue weighted by molar-refractivity contribution is 7.89. The van der Waals surface area contributed by atoms with E-state index >= 15 is 0 Å². The Morgan fingerprint density at radius 3 is 2.69 bits per heavy atom. The van der Waals surface area contributed by atoms with Gasteiger partial charge in [-0.2, -0.15) is 0 Å². The standard InChI is InChI=1S/C7H12N2O3S/c1-13(11,12)9-3-2-6(5-9)7(10)4-8/h2-3,5,7,10H,4,8H2,1H3. The van der Waals surface area contributed by atoms with E-state index in [0.717, 1.165) is 10.2 Å². The Hall–Kier alpha value is -0.850. The molecule has 0 aromatic carbocycles. The van der Waals surface area contributed by atoms with Gasteiger partial charge in [-0.05, 0) is 6.07 Å².